The summed E-state index contributed by atoms with van der Waals surface area (Å²) < 4.78 is 27.2. The largest absolute Gasteiger partial charge is 0.323 e. The van der Waals surface area contributed by atoms with Gasteiger partial charge in [0.05, 0.1) is 10.9 Å². The van der Waals surface area contributed by atoms with Crippen LogP contribution in [0.25, 0.3) is 0 Å². The molecule has 0 saturated heterocycles. The highest BCUT2D eigenvalue weighted by atomic mass is 79.9. The number of benzene rings is 2. The Morgan fingerprint density at radius 1 is 1.24 bits per heavy atom. The number of carbonyl (C=O) groups excluding carboxylic acids is 1. The second kappa shape index (κ2) is 7.04. The van der Waals surface area contributed by atoms with Crippen LogP contribution in [0.4, 0.5) is 14.5 Å². The van der Waals surface area contributed by atoms with Crippen molar-refractivity contribution in [1.82, 2.24) is 0 Å². The first-order chi connectivity index (χ1) is 9.97. The van der Waals surface area contributed by atoms with E-state index in [9.17, 15) is 13.6 Å². The highest BCUT2D eigenvalue weighted by Gasteiger charge is 2.17. The molecule has 0 fully saturated rings. The third-order valence-corrected chi connectivity index (χ3v) is 4.83. The van der Waals surface area contributed by atoms with E-state index < -0.39 is 16.9 Å². The molecule has 110 valence electrons. The van der Waals surface area contributed by atoms with Crippen LogP contribution in [-0.2, 0) is 4.79 Å². The number of hydrogen-bond donors (Lipinski definition) is 1. The summed E-state index contributed by atoms with van der Waals surface area (Å²) in [6.45, 7) is 1.72. The third-order valence-electron chi connectivity index (χ3n) is 2.70. The maximum atomic E-state index is 13.5. The van der Waals surface area contributed by atoms with Crippen molar-refractivity contribution in [3.05, 3.63) is 58.6 Å². The summed E-state index contributed by atoms with van der Waals surface area (Å²) in [7, 11) is 0. The number of nitrogens with one attached hydrogen (secondary N) is 1. The molecule has 0 aliphatic heterocycles. The van der Waals surface area contributed by atoms with Crippen molar-refractivity contribution < 1.29 is 13.6 Å². The Labute approximate surface area is 134 Å². The molecule has 0 heterocycles. The van der Waals surface area contributed by atoms with Gasteiger partial charge in [-0.25, -0.2) is 8.78 Å². The Kier molecular flexibility index (Phi) is 5.36. The molecule has 6 heteroatoms. The van der Waals surface area contributed by atoms with Gasteiger partial charge in [0.15, 0.2) is 0 Å². The predicted molar refractivity (Wildman–Crippen MR) is 84.4 cm³/mol. The van der Waals surface area contributed by atoms with Gasteiger partial charge in [-0.3, -0.25) is 4.79 Å². The van der Waals surface area contributed by atoms with E-state index in [2.05, 4.69) is 21.2 Å². The number of anilines is 1. The van der Waals surface area contributed by atoms with E-state index in [0.717, 1.165) is 21.5 Å². The smallest absolute Gasteiger partial charge is 0.237 e. The molecule has 0 spiro atoms. The lowest BCUT2D eigenvalue weighted by Crippen LogP contribution is -2.23. The lowest BCUT2D eigenvalue weighted by Gasteiger charge is -2.13. The Bertz CT molecular complexity index is 666. The standard InChI is InChI=1S/C15H12BrF2NOS/c1-9(21-14-5-3-2-4-11(14)16)15(20)19-13-7-6-10(17)8-12(13)18/h2-9H,1H3,(H,19,20)/t9-/m1/s1. The summed E-state index contributed by atoms with van der Waals surface area (Å²) >= 11 is 4.76. The van der Waals surface area contributed by atoms with Gasteiger partial charge in [0.1, 0.15) is 11.6 Å². The van der Waals surface area contributed by atoms with E-state index >= 15 is 0 Å². The van der Waals surface area contributed by atoms with Crippen molar-refractivity contribution in [3.63, 3.8) is 0 Å². The summed E-state index contributed by atoms with van der Waals surface area (Å²) in [5.41, 5.74) is -0.0269. The molecule has 1 amide bonds. The van der Waals surface area contributed by atoms with Crippen LogP contribution in [0.2, 0.25) is 0 Å². The van der Waals surface area contributed by atoms with Crippen LogP contribution in [0.3, 0.4) is 0 Å². The van der Waals surface area contributed by atoms with Crippen molar-refractivity contribution in [3.8, 4) is 0 Å². The summed E-state index contributed by atoms with van der Waals surface area (Å²) in [6, 6.07) is 10.6. The van der Waals surface area contributed by atoms with Gasteiger partial charge in [-0.2, -0.15) is 0 Å². The van der Waals surface area contributed by atoms with E-state index in [0.29, 0.717) is 0 Å². The molecule has 2 rings (SSSR count). The average Bonchev–Trinajstić information content (AvgIpc) is 2.44. The lowest BCUT2D eigenvalue weighted by atomic mass is 10.3. The number of carbonyl (C=O) groups is 1. The van der Waals surface area contributed by atoms with Crippen LogP contribution in [0.1, 0.15) is 6.92 Å². The van der Waals surface area contributed by atoms with Gasteiger partial charge < -0.3 is 5.32 Å². The minimum Gasteiger partial charge on any atom is -0.323 e. The number of thioether (sulfide) groups is 1. The molecular weight excluding hydrogens is 360 g/mol. The van der Waals surface area contributed by atoms with Gasteiger partial charge in [-0.15, -0.1) is 11.8 Å². The van der Waals surface area contributed by atoms with Gasteiger partial charge in [0, 0.05) is 15.4 Å². The molecule has 0 aromatic heterocycles. The predicted octanol–water partition coefficient (Wildman–Crippen LogP) is 4.85. The molecular formula is C15H12BrF2NOS. The highest BCUT2D eigenvalue weighted by Crippen LogP contribution is 2.30. The summed E-state index contributed by atoms with van der Waals surface area (Å²) in [4.78, 5) is 13.0. The maximum Gasteiger partial charge on any atom is 0.237 e. The summed E-state index contributed by atoms with van der Waals surface area (Å²) in [5.74, 6) is -1.82. The SMILES string of the molecule is C[C@@H](Sc1ccccc1Br)C(=O)Nc1ccc(F)cc1F. The minimum atomic E-state index is -0.790. The Morgan fingerprint density at radius 2 is 1.95 bits per heavy atom. The molecule has 21 heavy (non-hydrogen) atoms. The van der Waals surface area contributed by atoms with Crippen LogP contribution < -0.4 is 5.32 Å². The molecule has 0 saturated carbocycles. The second-order valence-electron chi connectivity index (χ2n) is 4.30. The first kappa shape index (κ1) is 16.0. The van der Waals surface area contributed by atoms with Crippen molar-refractivity contribution in [2.24, 2.45) is 0 Å². The fraction of sp³-hybridized carbons (Fsp3) is 0.133. The van der Waals surface area contributed by atoms with E-state index in [-0.39, 0.29) is 11.6 Å². The van der Waals surface area contributed by atoms with Gasteiger partial charge >= 0.3 is 0 Å². The molecule has 2 nitrogen and oxygen atoms in total. The number of halogens is 3. The Balaban J connectivity index is 2.04. The molecule has 0 unspecified atom stereocenters. The van der Waals surface area contributed by atoms with E-state index in [4.69, 9.17) is 0 Å². The fourth-order valence-corrected chi connectivity index (χ4v) is 3.06. The zero-order valence-corrected chi connectivity index (χ0v) is 13.5. The third kappa shape index (κ3) is 4.28. The molecule has 0 bridgehead atoms. The normalized spacial score (nSPS) is 12.0. The minimum absolute atomic E-state index is 0.0269. The number of hydrogen-bond acceptors (Lipinski definition) is 2. The highest BCUT2D eigenvalue weighted by molar-refractivity contribution is 9.10. The van der Waals surface area contributed by atoms with Crippen LogP contribution >= 0.6 is 27.7 Å². The molecule has 0 radical (unpaired) electrons. The summed E-state index contributed by atoms with van der Waals surface area (Å²) in [6.07, 6.45) is 0. The van der Waals surface area contributed by atoms with E-state index in [1.54, 1.807) is 6.92 Å². The molecule has 1 atom stereocenters. The molecule has 2 aromatic carbocycles. The molecule has 0 aliphatic rings. The van der Waals surface area contributed by atoms with Gasteiger partial charge in [0.2, 0.25) is 5.91 Å². The van der Waals surface area contributed by atoms with Crippen molar-refractivity contribution >= 4 is 39.3 Å². The average molecular weight is 372 g/mol. The van der Waals surface area contributed by atoms with Crippen molar-refractivity contribution in [1.29, 1.82) is 0 Å². The quantitative estimate of drug-likeness (QED) is 0.778. The van der Waals surface area contributed by atoms with Crippen LogP contribution in [-0.4, -0.2) is 11.2 Å². The van der Waals surface area contributed by atoms with Crippen molar-refractivity contribution in [2.75, 3.05) is 5.32 Å². The summed E-state index contributed by atoms with van der Waals surface area (Å²) in [5, 5.41) is 2.04. The van der Waals surface area contributed by atoms with Crippen LogP contribution in [0, 0.1) is 11.6 Å². The maximum absolute atomic E-state index is 13.5. The number of amides is 1. The van der Waals surface area contributed by atoms with Crippen molar-refractivity contribution in [2.45, 2.75) is 17.1 Å². The molecule has 1 N–H and O–H groups in total. The van der Waals surface area contributed by atoms with Gasteiger partial charge in [-0.1, -0.05) is 12.1 Å². The van der Waals surface area contributed by atoms with E-state index in [1.807, 2.05) is 24.3 Å². The van der Waals surface area contributed by atoms with Gasteiger partial charge in [0.25, 0.3) is 0 Å². The van der Waals surface area contributed by atoms with E-state index in [1.165, 1.54) is 17.8 Å². The second-order valence-corrected chi connectivity index (χ2v) is 6.54. The lowest BCUT2D eigenvalue weighted by molar-refractivity contribution is -0.115. The van der Waals surface area contributed by atoms with Crippen LogP contribution in [0.5, 0.6) is 0 Å². The zero-order chi connectivity index (χ0) is 15.4. The molecule has 2 aromatic rings. The first-order valence-electron chi connectivity index (χ1n) is 6.14. The fourth-order valence-electron chi connectivity index (χ4n) is 1.61. The van der Waals surface area contributed by atoms with Gasteiger partial charge in [-0.05, 0) is 47.1 Å². The van der Waals surface area contributed by atoms with Crippen LogP contribution in [0.15, 0.2) is 51.8 Å². The first-order valence-corrected chi connectivity index (χ1v) is 7.81. The monoisotopic (exact) mass is 371 g/mol. The zero-order valence-electron chi connectivity index (χ0n) is 11.1. The number of rotatable bonds is 4. The topological polar surface area (TPSA) is 29.1 Å². The Morgan fingerprint density at radius 3 is 2.62 bits per heavy atom. The Hall–Kier alpha value is -1.40. The molecule has 0 aliphatic carbocycles.